The van der Waals surface area contributed by atoms with E-state index in [2.05, 4.69) is 29.4 Å². The summed E-state index contributed by atoms with van der Waals surface area (Å²) in [5.74, 6) is 0.527. The second-order valence-corrected chi connectivity index (χ2v) is 6.45. The number of pyridine rings is 1. The van der Waals surface area contributed by atoms with E-state index in [1.54, 1.807) is 6.20 Å². The Morgan fingerprint density at radius 3 is 2.75 bits per heavy atom. The minimum absolute atomic E-state index is 0.00831. The first-order valence-corrected chi connectivity index (χ1v) is 8.17. The standard InChI is InChI=1S/C20H19N3O/c1-12-2-3-15(20(24)23-17-6-7-17)9-18(12)14-5-4-13-10-19(21)22-11-16(13)8-14/h2-5,8-11,17H,6-7H2,1H3,(H2,21,22)(H,23,24). The highest BCUT2D eigenvalue weighted by Gasteiger charge is 2.24. The Kier molecular flexibility index (Phi) is 3.45. The van der Waals surface area contributed by atoms with E-state index in [0.29, 0.717) is 17.4 Å². The van der Waals surface area contributed by atoms with Crippen LogP contribution in [0.1, 0.15) is 28.8 Å². The number of aryl methyl sites for hydroxylation is 1. The van der Waals surface area contributed by atoms with Crippen molar-refractivity contribution in [1.82, 2.24) is 10.3 Å². The van der Waals surface area contributed by atoms with Gasteiger partial charge in [0.25, 0.3) is 5.91 Å². The van der Waals surface area contributed by atoms with Crippen molar-refractivity contribution < 1.29 is 4.79 Å². The number of fused-ring (bicyclic) bond motifs is 1. The third kappa shape index (κ3) is 2.83. The molecule has 0 aliphatic heterocycles. The first kappa shape index (κ1) is 14.7. The second-order valence-electron chi connectivity index (χ2n) is 6.45. The molecule has 3 aromatic rings. The van der Waals surface area contributed by atoms with Gasteiger partial charge in [0.05, 0.1) is 0 Å². The summed E-state index contributed by atoms with van der Waals surface area (Å²) in [7, 11) is 0. The highest BCUT2D eigenvalue weighted by Crippen LogP contribution is 2.28. The number of amides is 1. The first-order chi connectivity index (χ1) is 11.6. The predicted octanol–water partition coefficient (Wildman–Crippen LogP) is 3.68. The van der Waals surface area contributed by atoms with Crippen LogP contribution in [0.3, 0.4) is 0 Å². The highest BCUT2D eigenvalue weighted by atomic mass is 16.1. The Morgan fingerprint density at radius 1 is 1.12 bits per heavy atom. The monoisotopic (exact) mass is 317 g/mol. The van der Waals surface area contributed by atoms with Gasteiger partial charge >= 0.3 is 0 Å². The van der Waals surface area contributed by atoms with Gasteiger partial charge in [-0.05, 0) is 66.1 Å². The molecule has 24 heavy (non-hydrogen) atoms. The van der Waals surface area contributed by atoms with Gasteiger partial charge in [0, 0.05) is 23.2 Å². The Labute approximate surface area is 140 Å². The minimum atomic E-state index is 0.00831. The Balaban J connectivity index is 1.74. The second kappa shape index (κ2) is 5.64. The normalized spacial score (nSPS) is 13.9. The number of anilines is 1. The third-order valence-corrected chi connectivity index (χ3v) is 4.47. The van der Waals surface area contributed by atoms with Gasteiger partial charge in [0.2, 0.25) is 0 Å². The molecule has 1 saturated carbocycles. The number of rotatable bonds is 3. The fourth-order valence-electron chi connectivity index (χ4n) is 2.90. The van der Waals surface area contributed by atoms with E-state index < -0.39 is 0 Å². The average molecular weight is 317 g/mol. The maximum atomic E-state index is 12.3. The van der Waals surface area contributed by atoms with Gasteiger partial charge in [-0.15, -0.1) is 0 Å². The Hall–Kier alpha value is -2.88. The molecular formula is C20H19N3O. The van der Waals surface area contributed by atoms with Crippen LogP contribution in [0.4, 0.5) is 5.82 Å². The zero-order valence-electron chi connectivity index (χ0n) is 13.5. The molecule has 1 amide bonds. The molecular weight excluding hydrogens is 298 g/mol. The van der Waals surface area contributed by atoms with Crippen LogP contribution in [0, 0.1) is 6.92 Å². The summed E-state index contributed by atoms with van der Waals surface area (Å²) in [4.78, 5) is 16.5. The predicted molar refractivity (Wildman–Crippen MR) is 96.8 cm³/mol. The van der Waals surface area contributed by atoms with E-state index in [1.807, 2.05) is 30.3 Å². The molecule has 4 heteroatoms. The number of nitrogen functional groups attached to an aromatic ring is 1. The Bertz CT molecular complexity index is 945. The van der Waals surface area contributed by atoms with Crippen molar-refractivity contribution in [3.05, 3.63) is 59.8 Å². The van der Waals surface area contributed by atoms with Crippen LogP contribution in [0.25, 0.3) is 21.9 Å². The fourth-order valence-corrected chi connectivity index (χ4v) is 2.90. The molecule has 3 N–H and O–H groups in total. The van der Waals surface area contributed by atoms with E-state index in [1.165, 1.54) is 0 Å². The highest BCUT2D eigenvalue weighted by molar-refractivity contribution is 5.96. The molecule has 0 unspecified atom stereocenters. The van der Waals surface area contributed by atoms with Crippen LogP contribution in [0.2, 0.25) is 0 Å². The van der Waals surface area contributed by atoms with E-state index >= 15 is 0 Å². The van der Waals surface area contributed by atoms with Crippen LogP contribution >= 0.6 is 0 Å². The van der Waals surface area contributed by atoms with Crippen molar-refractivity contribution in [3.8, 4) is 11.1 Å². The number of nitrogens with one attached hydrogen (secondary N) is 1. The van der Waals surface area contributed by atoms with E-state index in [9.17, 15) is 4.79 Å². The van der Waals surface area contributed by atoms with Crippen LogP contribution in [-0.2, 0) is 0 Å². The Morgan fingerprint density at radius 2 is 1.96 bits per heavy atom. The fraction of sp³-hybridized carbons (Fsp3) is 0.200. The van der Waals surface area contributed by atoms with E-state index in [0.717, 1.165) is 40.3 Å². The maximum absolute atomic E-state index is 12.3. The van der Waals surface area contributed by atoms with Gasteiger partial charge in [-0.3, -0.25) is 4.79 Å². The minimum Gasteiger partial charge on any atom is -0.384 e. The number of aromatic nitrogens is 1. The molecule has 1 fully saturated rings. The largest absolute Gasteiger partial charge is 0.384 e. The maximum Gasteiger partial charge on any atom is 0.251 e. The molecule has 0 saturated heterocycles. The number of nitrogens with zero attached hydrogens (tertiary/aromatic N) is 1. The first-order valence-electron chi connectivity index (χ1n) is 8.17. The molecule has 1 aliphatic rings. The summed E-state index contributed by atoms with van der Waals surface area (Å²) < 4.78 is 0. The number of carbonyl (C=O) groups excluding carboxylic acids is 1. The van der Waals surface area contributed by atoms with Gasteiger partial charge in [-0.1, -0.05) is 18.2 Å². The van der Waals surface area contributed by atoms with Crippen LogP contribution in [0.15, 0.2) is 48.7 Å². The zero-order valence-corrected chi connectivity index (χ0v) is 13.5. The van der Waals surface area contributed by atoms with Crippen molar-refractivity contribution in [1.29, 1.82) is 0 Å². The molecule has 1 heterocycles. The summed E-state index contributed by atoms with van der Waals surface area (Å²) in [6.07, 6.45) is 3.96. The van der Waals surface area contributed by atoms with Crippen LogP contribution in [-0.4, -0.2) is 16.9 Å². The van der Waals surface area contributed by atoms with Crippen molar-refractivity contribution in [2.24, 2.45) is 0 Å². The van der Waals surface area contributed by atoms with Crippen LogP contribution in [0.5, 0.6) is 0 Å². The lowest BCUT2D eigenvalue weighted by molar-refractivity contribution is 0.0951. The number of hydrogen-bond donors (Lipinski definition) is 2. The molecule has 0 radical (unpaired) electrons. The van der Waals surface area contributed by atoms with Crippen molar-refractivity contribution in [2.75, 3.05) is 5.73 Å². The molecule has 120 valence electrons. The molecule has 0 atom stereocenters. The molecule has 4 nitrogen and oxygen atoms in total. The summed E-state index contributed by atoms with van der Waals surface area (Å²) >= 11 is 0. The topological polar surface area (TPSA) is 68.0 Å². The number of carbonyl (C=O) groups is 1. The number of benzene rings is 2. The van der Waals surface area contributed by atoms with E-state index in [4.69, 9.17) is 5.73 Å². The van der Waals surface area contributed by atoms with Gasteiger partial charge in [-0.25, -0.2) is 4.98 Å². The molecule has 0 spiro atoms. The summed E-state index contributed by atoms with van der Waals surface area (Å²) in [5.41, 5.74) is 9.73. The molecule has 1 aromatic heterocycles. The summed E-state index contributed by atoms with van der Waals surface area (Å²) in [6.45, 7) is 2.06. The van der Waals surface area contributed by atoms with Gasteiger partial charge in [-0.2, -0.15) is 0 Å². The lowest BCUT2D eigenvalue weighted by Crippen LogP contribution is -2.25. The van der Waals surface area contributed by atoms with Gasteiger partial charge in [0.15, 0.2) is 0 Å². The molecule has 4 rings (SSSR count). The summed E-state index contributed by atoms with van der Waals surface area (Å²) in [5, 5.41) is 5.14. The smallest absolute Gasteiger partial charge is 0.251 e. The SMILES string of the molecule is Cc1ccc(C(=O)NC2CC2)cc1-c1ccc2cc(N)ncc2c1. The number of nitrogens with two attached hydrogens (primary N) is 1. The van der Waals surface area contributed by atoms with Gasteiger partial charge < -0.3 is 11.1 Å². The zero-order chi connectivity index (χ0) is 16.7. The van der Waals surface area contributed by atoms with Crippen molar-refractivity contribution in [2.45, 2.75) is 25.8 Å². The van der Waals surface area contributed by atoms with Gasteiger partial charge in [0.1, 0.15) is 5.82 Å². The molecule has 2 aromatic carbocycles. The lowest BCUT2D eigenvalue weighted by atomic mass is 9.96. The van der Waals surface area contributed by atoms with Crippen LogP contribution < -0.4 is 11.1 Å². The quantitative estimate of drug-likeness (QED) is 0.774. The summed E-state index contributed by atoms with van der Waals surface area (Å²) in [6, 6.07) is 14.3. The number of hydrogen-bond acceptors (Lipinski definition) is 3. The van der Waals surface area contributed by atoms with E-state index in [-0.39, 0.29) is 5.91 Å². The molecule has 0 bridgehead atoms. The third-order valence-electron chi connectivity index (χ3n) is 4.47. The van der Waals surface area contributed by atoms with Crippen molar-refractivity contribution >= 4 is 22.5 Å². The lowest BCUT2D eigenvalue weighted by Gasteiger charge is -2.11. The van der Waals surface area contributed by atoms with Crippen molar-refractivity contribution in [3.63, 3.8) is 0 Å². The molecule has 1 aliphatic carbocycles. The average Bonchev–Trinajstić information content (AvgIpc) is 3.38.